The number of nitrogens with zero attached hydrogens (tertiary/aromatic N) is 6. The Morgan fingerprint density at radius 3 is 1.58 bits per heavy atom. The molecule has 4 heterocycles. The molecule has 2 aliphatic heterocycles. The maximum Gasteiger partial charge on any atom is 0.396 e. The van der Waals surface area contributed by atoms with Gasteiger partial charge in [0.15, 0.2) is 0 Å². The van der Waals surface area contributed by atoms with Crippen LogP contribution in [0.4, 0.5) is 11.6 Å². The monoisotopic (exact) mass is 314 g/mol. The molecule has 4 rings (SSSR count). The summed E-state index contributed by atoms with van der Waals surface area (Å²) in [6.45, 7) is 1.77. The molecular formula is C16H16B2N6. The minimum Gasteiger partial charge on any atom is -0.402 e. The van der Waals surface area contributed by atoms with E-state index in [2.05, 4.69) is 47.1 Å². The SMILES string of the molecule is [B]1N(CCN2[B]N(c3ccccn3)C=C2)C=CN1c1ccccn1. The van der Waals surface area contributed by atoms with Crippen LogP contribution in [0.2, 0.25) is 0 Å². The fourth-order valence-electron chi connectivity index (χ4n) is 2.57. The van der Waals surface area contributed by atoms with Gasteiger partial charge in [-0.2, -0.15) is 0 Å². The molecule has 0 amide bonds. The molecule has 2 radical (unpaired) electrons. The predicted molar refractivity (Wildman–Crippen MR) is 96.6 cm³/mol. The zero-order valence-corrected chi connectivity index (χ0v) is 13.2. The van der Waals surface area contributed by atoms with E-state index in [1.165, 1.54) is 0 Å². The summed E-state index contributed by atoms with van der Waals surface area (Å²) in [5, 5.41) is 0. The highest BCUT2D eigenvalue weighted by molar-refractivity contribution is 6.41. The Labute approximate surface area is 143 Å². The molecule has 0 fully saturated rings. The fraction of sp³-hybridized carbons (Fsp3) is 0.125. The average molecular weight is 314 g/mol. The number of pyridine rings is 2. The lowest BCUT2D eigenvalue weighted by molar-refractivity contribution is 0.496. The largest absolute Gasteiger partial charge is 0.402 e. The van der Waals surface area contributed by atoms with E-state index in [1.54, 1.807) is 12.4 Å². The quantitative estimate of drug-likeness (QED) is 0.778. The summed E-state index contributed by atoms with van der Waals surface area (Å²) >= 11 is 0. The molecule has 0 saturated heterocycles. The van der Waals surface area contributed by atoms with E-state index in [9.17, 15) is 0 Å². The molecule has 0 spiro atoms. The highest BCUT2D eigenvalue weighted by Crippen LogP contribution is 2.16. The molecule has 0 N–H and O–H groups in total. The summed E-state index contributed by atoms with van der Waals surface area (Å²) in [5.41, 5.74) is 0. The Kier molecular flexibility index (Phi) is 4.10. The second kappa shape index (κ2) is 6.70. The van der Waals surface area contributed by atoms with Gasteiger partial charge in [-0.05, 0) is 24.3 Å². The molecule has 0 atom stereocenters. The first-order valence-corrected chi connectivity index (χ1v) is 7.85. The standard InChI is InChI=1S/C16H16B2N6/c1-3-7-19-15(5-1)23-13-11-21(17-23)9-10-22-12-14-24(18-22)16-6-2-4-8-20-16/h1-8,11-14H,9-10H2. The molecule has 0 saturated carbocycles. The first-order chi connectivity index (χ1) is 11.9. The third kappa shape index (κ3) is 3.22. The van der Waals surface area contributed by atoms with Gasteiger partial charge in [0.2, 0.25) is 0 Å². The molecule has 0 aromatic carbocycles. The lowest BCUT2D eigenvalue weighted by atomic mass is 10.1. The lowest BCUT2D eigenvalue weighted by Gasteiger charge is -2.23. The second-order valence-electron chi connectivity index (χ2n) is 5.49. The second-order valence-corrected chi connectivity index (χ2v) is 5.49. The minimum absolute atomic E-state index is 0.886. The van der Waals surface area contributed by atoms with Crippen LogP contribution < -0.4 is 9.62 Å². The first-order valence-electron chi connectivity index (χ1n) is 7.85. The third-order valence-corrected chi connectivity index (χ3v) is 3.83. The van der Waals surface area contributed by atoms with Crippen molar-refractivity contribution in [2.75, 3.05) is 22.7 Å². The maximum atomic E-state index is 4.35. The van der Waals surface area contributed by atoms with Crippen molar-refractivity contribution >= 4 is 26.7 Å². The molecule has 2 aliphatic rings. The Hall–Kier alpha value is -2.89. The van der Waals surface area contributed by atoms with Crippen LogP contribution in [0.15, 0.2) is 73.6 Å². The van der Waals surface area contributed by atoms with Crippen molar-refractivity contribution in [3.63, 3.8) is 0 Å². The summed E-state index contributed by atoms with van der Waals surface area (Å²) < 4.78 is 0. The molecule has 6 nitrogen and oxygen atoms in total. The number of aromatic nitrogens is 2. The van der Waals surface area contributed by atoms with Crippen molar-refractivity contribution in [2.24, 2.45) is 0 Å². The van der Waals surface area contributed by atoms with Gasteiger partial charge < -0.3 is 19.2 Å². The van der Waals surface area contributed by atoms with Gasteiger partial charge in [0.05, 0.1) is 0 Å². The van der Waals surface area contributed by atoms with Crippen LogP contribution in [0.1, 0.15) is 0 Å². The lowest BCUT2D eigenvalue weighted by Crippen LogP contribution is -2.37. The van der Waals surface area contributed by atoms with E-state index in [-0.39, 0.29) is 0 Å². The van der Waals surface area contributed by atoms with E-state index in [1.807, 2.05) is 58.4 Å². The van der Waals surface area contributed by atoms with E-state index >= 15 is 0 Å². The van der Waals surface area contributed by atoms with Crippen molar-refractivity contribution in [1.29, 1.82) is 0 Å². The Balaban J connectivity index is 1.26. The van der Waals surface area contributed by atoms with Gasteiger partial charge in [0, 0.05) is 50.3 Å². The van der Waals surface area contributed by atoms with Crippen molar-refractivity contribution in [1.82, 2.24) is 19.6 Å². The summed E-state index contributed by atoms with van der Waals surface area (Å²) in [6.07, 6.45) is 11.8. The summed E-state index contributed by atoms with van der Waals surface area (Å²) in [6, 6.07) is 11.8. The average Bonchev–Trinajstić information content (AvgIpc) is 3.31. The molecule has 0 bridgehead atoms. The molecule has 2 aromatic heterocycles. The normalized spacial score (nSPS) is 15.8. The van der Waals surface area contributed by atoms with Crippen molar-refractivity contribution in [3.05, 3.63) is 73.6 Å². The molecule has 24 heavy (non-hydrogen) atoms. The molecule has 0 aliphatic carbocycles. The van der Waals surface area contributed by atoms with Gasteiger partial charge in [-0.15, -0.1) is 0 Å². The number of hydrogen-bond acceptors (Lipinski definition) is 6. The smallest absolute Gasteiger partial charge is 0.396 e. The molecule has 0 unspecified atom stereocenters. The van der Waals surface area contributed by atoms with E-state index in [0.717, 1.165) is 24.7 Å². The van der Waals surface area contributed by atoms with E-state index in [4.69, 9.17) is 0 Å². The first kappa shape index (κ1) is 14.7. The van der Waals surface area contributed by atoms with E-state index < -0.39 is 0 Å². The molecule has 8 heteroatoms. The number of anilines is 2. The minimum atomic E-state index is 0.886. The number of rotatable bonds is 5. The Bertz CT molecular complexity index is 660. The number of hydrogen-bond donors (Lipinski definition) is 0. The predicted octanol–water partition coefficient (Wildman–Crippen LogP) is 1.43. The zero-order valence-electron chi connectivity index (χ0n) is 13.2. The Morgan fingerprint density at radius 2 is 1.17 bits per heavy atom. The van der Waals surface area contributed by atoms with Crippen molar-refractivity contribution in [3.8, 4) is 0 Å². The van der Waals surface area contributed by atoms with Crippen LogP contribution >= 0.6 is 0 Å². The third-order valence-electron chi connectivity index (χ3n) is 3.83. The summed E-state index contributed by atoms with van der Waals surface area (Å²) in [7, 11) is 4.11. The maximum absolute atomic E-state index is 4.35. The highest BCUT2D eigenvalue weighted by Gasteiger charge is 2.21. The van der Waals surface area contributed by atoms with Gasteiger partial charge >= 0.3 is 15.1 Å². The summed E-state index contributed by atoms with van der Waals surface area (Å²) in [4.78, 5) is 17.0. The van der Waals surface area contributed by atoms with Gasteiger partial charge in [-0.3, -0.25) is 0 Å². The van der Waals surface area contributed by atoms with Crippen LogP contribution in [0, 0.1) is 0 Å². The van der Waals surface area contributed by atoms with Crippen LogP contribution in [0.3, 0.4) is 0 Å². The van der Waals surface area contributed by atoms with Crippen LogP contribution in [0.5, 0.6) is 0 Å². The molecule has 2 aromatic rings. The molecular weight excluding hydrogens is 298 g/mol. The Morgan fingerprint density at radius 1 is 0.667 bits per heavy atom. The van der Waals surface area contributed by atoms with E-state index in [0.29, 0.717) is 0 Å². The van der Waals surface area contributed by atoms with Crippen LogP contribution in [0.25, 0.3) is 0 Å². The zero-order chi connectivity index (χ0) is 16.2. The van der Waals surface area contributed by atoms with Gasteiger partial charge in [-0.1, -0.05) is 12.1 Å². The van der Waals surface area contributed by atoms with Gasteiger partial charge in [0.1, 0.15) is 11.6 Å². The topological polar surface area (TPSA) is 38.7 Å². The van der Waals surface area contributed by atoms with Crippen molar-refractivity contribution < 1.29 is 0 Å². The van der Waals surface area contributed by atoms with Gasteiger partial charge in [0.25, 0.3) is 0 Å². The van der Waals surface area contributed by atoms with Crippen LogP contribution in [-0.2, 0) is 0 Å². The van der Waals surface area contributed by atoms with Gasteiger partial charge in [-0.25, -0.2) is 9.97 Å². The van der Waals surface area contributed by atoms with Crippen molar-refractivity contribution in [2.45, 2.75) is 0 Å². The highest BCUT2D eigenvalue weighted by atomic mass is 15.3. The fourth-order valence-corrected chi connectivity index (χ4v) is 2.57. The summed E-state index contributed by atoms with van der Waals surface area (Å²) in [5.74, 6) is 1.84. The van der Waals surface area contributed by atoms with Crippen LogP contribution in [-0.4, -0.2) is 47.8 Å². The molecule has 116 valence electrons.